The highest BCUT2D eigenvalue weighted by Crippen LogP contribution is 2.36. The fourth-order valence-corrected chi connectivity index (χ4v) is 4.25. The van der Waals surface area contributed by atoms with Crippen LogP contribution in [0.1, 0.15) is 15.9 Å². The molecule has 0 saturated carbocycles. The van der Waals surface area contributed by atoms with Crippen LogP contribution in [0.5, 0.6) is 0 Å². The number of amides is 1. The van der Waals surface area contributed by atoms with E-state index < -0.39 is 5.97 Å². The number of hydrogen-bond donors (Lipinski definition) is 2. The number of ether oxygens (including phenoxy) is 1. The molecule has 0 aliphatic heterocycles. The maximum Gasteiger partial charge on any atom is 0.341 e. The standard InChI is InChI=1S/C21H20N2O3S2/c1-13-3-5-14(6-4-13)17-11-28-20(19(17)21(25)26-2)23-18(24)12-27-16-9-7-15(22)8-10-16/h3-11H,12,22H2,1-2H3,(H,23,24). The van der Waals surface area contributed by atoms with Crippen molar-refractivity contribution in [2.75, 3.05) is 23.9 Å². The topological polar surface area (TPSA) is 81.4 Å². The van der Waals surface area contributed by atoms with Crippen molar-refractivity contribution in [1.29, 1.82) is 0 Å². The van der Waals surface area contributed by atoms with Crippen LogP contribution in [0.4, 0.5) is 10.7 Å². The molecule has 3 aromatic rings. The third-order valence-corrected chi connectivity index (χ3v) is 5.95. The maximum absolute atomic E-state index is 12.4. The average Bonchev–Trinajstić information content (AvgIpc) is 3.11. The summed E-state index contributed by atoms with van der Waals surface area (Å²) in [6.07, 6.45) is 0. The lowest BCUT2D eigenvalue weighted by Crippen LogP contribution is -2.16. The van der Waals surface area contributed by atoms with E-state index in [4.69, 9.17) is 10.5 Å². The number of thioether (sulfide) groups is 1. The molecule has 3 rings (SSSR count). The second-order valence-corrected chi connectivity index (χ2v) is 8.05. The van der Waals surface area contributed by atoms with Crippen LogP contribution in [0.2, 0.25) is 0 Å². The average molecular weight is 413 g/mol. The van der Waals surface area contributed by atoms with Crippen LogP contribution < -0.4 is 11.1 Å². The number of carbonyl (C=O) groups is 2. The van der Waals surface area contributed by atoms with Gasteiger partial charge in [0.15, 0.2) is 0 Å². The molecule has 1 heterocycles. The van der Waals surface area contributed by atoms with E-state index >= 15 is 0 Å². The van der Waals surface area contributed by atoms with E-state index in [0.717, 1.165) is 21.6 Å². The molecule has 0 radical (unpaired) electrons. The Hall–Kier alpha value is -2.77. The largest absolute Gasteiger partial charge is 0.465 e. The smallest absolute Gasteiger partial charge is 0.341 e. The SMILES string of the molecule is COC(=O)c1c(-c2ccc(C)cc2)csc1NC(=O)CSc1ccc(N)cc1. The van der Waals surface area contributed by atoms with Gasteiger partial charge in [0.2, 0.25) is 5.91 Å². The zero-order valence-corrected chi connectivity index (χ0v) is 17.2. The predicted octanol–water partition coefficient (Wildman–Crippen LogP) is 4.82. The van der Waals surface area contributed by atoms with Gasteiger partial charge in [0.25, 0.3) is 0 Å². The molecule has 2 aromatic carbocycles. The third kappa shape index (κ3) is 4.74. The van der Waals surface area contributed by atoms with E-state index in [-0.39, 0.29) is 11.7 Å². The summed E-state index contributed by atoms with van der Waals surface area (Å²) in [5.74, 6) is -0.440. The van der Waals surface area contributed by atoms with Gasteiger partial charge < -0.3 is 15.8 Å². The Bertz CT molecular complexity index is 980. The highest BCUT2D eigenvalue weighted by Gasteiger charge is 2.22. The molecule has 0 aliphatic carbocycles. The Morgan fingerprint density at radius 3 is 2.43 bits per heavy atom. The predicted molar refractivity (Wildman–Crippen MR) is 116 cm³/mol. The van der Waals surface area contributed by atoms with Crippen molar-refractivity contribution < 1.29 is 14.3 Å². The van der Waals surface area contributed by atoms with E-state index in [1.807, 2.05) is 48.7 Å². The minimum Gasteiger partial charge on any atom is -0.465 e. The molecule has 1 amide bonds. The molecule has 28 heavy (non-hydrogen) atoms. The van der Waals surface area contributed by atoms with Gasteiger partial charge in [-0.2, -0.15) is 0 Å². The lowest BCUT2D eigenvalue weighted by Gasteiger charge is -2.08. The molecule has 5 nitrogen and oxygen atoms in total. The van der Waals surface area contributed by atoms with Crippen molar-refractivity contribution in [3.63, 3.8) is 0 Å². The number of aryl methyl sites for hydroxylation is 1. The van der Waals surface area contributed by atoms with E-state index in [1.165, 1.54) is 30.2 Å². The van der Waals surface area contributed by atoms with Crippen LogP contribution in [0.15, 0.2) is 58.8 Å². The van der Waals surface area contributed by atoms with Crippen LogP contribution in [-0.2, 0) is 9.53 Å². The van der Waals surface area contributed by atoms with Crippen LogP contribution in [0.25, 0.3) is 11.1 Å². The van der Waals surface area contributed by atoms with Gasteiger partial charge in [-0.1, -0.05) is 29.8 Å². The van der Waals surface area contributed by atoms with E-state index in [2.05, 4.69) is 5.32 Å². The Labute approximate surface area is 171 Å². The Balaban J connectivity index is 1.77. The van der Waals surface area contributed by atoms with Gasteiger partial charge in [0.05, 0.1) is 12.9 Å². The summed E-state index contributed by atoms with van der Waals surface area (Å²) in [6, 6.07) is 15.2. The fourth-order valence-electron chi connectivity index (χ4n) is 2.58. The summed E-state index contributed by atoms with van der Waals surface area (Å²) in [6.45, 7) is 2.00. The molecule has 0 atom stereocenters. The Kier molecular flexibility index (Phi) is 6.38. The number of thiophene rings is 1. The summed E-state index contributed by atoms with van der Waals surface area (Å²) >= 11 is 2.71. The first-order valence-corrected chi connectivity index (χ1v) is 10.4. The minimum absolute atomic E-state index is 0.190. The van der Waals surface area contributed by atoms with Crippen molar-refractivity contribution in [2.45, 2.75) is 11.8 Å². The van der Waals surface area contributed by atoms with Gasteiger partial charge in [-0.15, -0.1) is 23.1 Å². The molecule has 1 aromatic heterocycles. The first-order chi connectivity index (χ1) is 13.5. The molecule has 3 N–H and O–H groups in total. The number of methoxy groups -OCH3 is 1. The van der Waals surface area contributed by atoms with E-state index in [1.54, 1.807) is 12.1 Å². The number of anilines is 2. The van der Waals surface area contributed by atoms with Crippen LogP contribution >= 0.6 is 23.1 Å². The Morgan fingerprint density at radius 2 is 1.79 bits per heavy atom. The summed E-state index contributed by atoms with van der Waals surface area (Å²) in [5, 5.41) is 5.19. The van der Waals surface area contributed by atoms with E-state index in [9.17, 15) is 9.59 Å². The van der Waals surface area contributed by atoms with Crippen molar-refractivity contribution in [3.05, 3.63) is 65.0 Å². The van der Waals surface area contributed by atoms with Gasteiger partial charge >= 0.3 is 5.97 Å². The number of nitrogen functional groups attached to an aromatic ring is 1. The second-order valence-electron chi connectivity index (χ2n) is 6.12. The first kappa shape index (κ1) is 20.0. The molecular formula is C21H20N2O3S2. The fraction of sp³-hybridized carbons (Fsp3) is 0.143. The lowest BCUT2D eigenvalue weighted by molar-refractivity contribution is -0.113. The van der Waals surface area contributed by atoms with E-state index in [0.29, 0.717) is 16.3 Å². The number of nitrogens with two attached hydrogens (primary N) is 1. The summed E-state index contributed by atoms with van der Waals surface area (Å²) in [5.41, 5.74) is 9.51. The van der Waals surface area contributed by atoms with Gasteiger partial charge in [-0.05, 0) is 36.8 Å². The molecule has 0 fully saturated rings. The first-order valence-electron chi connectivity index (χ1n) is 8.53. The molecular weight excluding hydrogens is 392 g/mol. The molecule has 0 bridgehead atoms. The molecule has 7 heteroatoms. The molecule has 0 unspecified atom stereocenters. The highest BCUT2D eigenvalue weighted by atomic mass is 32.2. The van der Waals surface area contributed by atoms with Crippen LogP contribution in [-0.4, -0.2) is 24.7 Å². The number of rotatable bonds is 6. The number of hydrogen-bond acceptors (Lipinski definition) is 6. The van der Waals surface area contributed by atoms with Crippen LogP contribution in [0.3, 0.4) is 0 Å². The Morgan fingerprint density at radius 1 is 1.11 bits per heavy atom. The van der Waals surface area contributed by atoms with Crippen molar-refractivity contribution in [1.82, 2.24) is 0 Å². The third-order valence-electron chi connectivity index (χ3n) is 4.05. The van der Waals surface area contributed by atoms with Crippen molar-refractivity contribution >= 4 is 45.7 Å². The molecule has 0 saturated heterocycles. The second kappa shape index (κ2) is 8.95. The normalized spacial score (nSPS) is 10.5. The number of benzene rings is 2. The molecule has 0 aliphatic rings. The van der Waals surface area contributed by atoms with Gasteiger partial charge in [-0.3, -0.25) is 4.79 Å². The summed E-state index contributed by atoms with van der Waals surface area (Å²) in [7, 11) is 1.33. The molecule has 0 spiro atoms. The van der Waals surface area contributed by atoms with Crippen molar-refractivity contribution in [2.24, 2.45) is 0 Å². The lowest BCUT2D eigenvalue weighted by atomic mass is 10.0. The summed E-state index contributed by atoms with van der Waals surface area (Å²) < 4.78 is 4.94. The van der Waals surface area contributed by atoms with Crippen molar-refractivity contribution in [3.8, 4) is 11.1 Å². The quantitative estimate of drug-likeness (QED) is 0.344. The summed E-state index contributed by atoms with van der Waals surface area (Å²) in [4.78, 5) is 25.7. The van der Waals surface area contributed by atoms with Gasteiger partial charge in [0, 0.05) is 21.5 Å². The highest BCUT2D eigenvalue weighted by molar-refractivity contribution is 8.00. The maximum atomic E-state index is 12.4. The number of nitrogens with one attached hydrogen (secondary N) is 1. The zero-order valence-electron chi connectivity index (χ0n) is 15.5. The zero-order chi connectivity index (χ0) is 20.1. The number of carbonyl (C=O) groups excluding carboxylic acids is 2. The van der Waals surface area contributed by atoms with Crippen LogP contribution in [0, 0.1) is 6.92 Å². The minimum atomic E-state index is -0.474. The van der Waals surface area contributed by atoms with Gasteiger partial charge in [0.1, 0.15) is 10.6 Å². The number of esters is 1. The van der Waals surface area contributed by atoms with Gasteiger partial charge in [-0.25, -0.2) is 4.79 Å². The molecule has 144 valence electrons. The monoisotopic (exact) mass is 412 g/mol.